The largest absolute Gasteiger partial charge is 3.00 e. The van der Waals surface area contributed by atoms with E-state index in [1.54, 1.807) is 0 Å². The summed E-state index contributed by atoms with van der Waals surface area (Å²) in [6.45, 7) is 0. The second kappa shape index (κ2) is 31.7. The molecule has 0 amide bonds. The molecule has 0 saturated heterocycles. The van der Waals surface area contributed by atoms with Gasteiger partial charge in [0.25, 0.3) is 0 Å². The van der Waals surface area contributed by atoms with E-state index in [0.29, 0.717) is 0 Å². The Labute approximate surface area is 307 Å². The van der Waals surface area contributed by atoms with Crippen molar-refractivity contribution in [2.75, 3.05) is 0 Å². The second-order valence-electron chi connectivity index (χ2n) is 2.24. The molecule has 0 aromatic heterocycles. The smallest absolute Gasteiger partial charge is 0.822 e. The molecule has 0 radical (unpaired) electrons. The summed E-state index contributed by atoms with van der Waals surface area (Å²) < 4.78 is 42.7. The molecule has 0 saturated carbocycles. The summed E-state index contributed by atoms with van der Waals surface area (Å²) in [6.07, 6.45) is 0. The fourth-order valence-electron chi connectivity index (χ4n) is 0. The van der Waals surface area contributed by atoms with Crippen molar-refractivity contribution in [2.24, 2.45) is 0 Å². The van der Waals surface area contributed by atoms with Crippen LogP contribution < -0.4 is 73.4 Å². The summed E-state index contributed by atoms with van der Waals surface area (Å²) in [4.78, 5) is 128. The van der Waals surface area contributed by atoms with Crippen molar-refractivity contribution in [1.29, 1.82) is 0 Å². The Balaban J connectivity index is -0.0000000200. The Bertz CT molecular complexity index is 385. The number of rotatable bonds is 0. The molecular weight excluding hydrogens is 1170 g/mol. The number of hydrogen-bond acceptors (Lipinski definition) is 20. The first-order chi connectivity index (χ1) is 10.0. The summed E-state index contributed by atoms with van der Waals surface area (Å²) >= 11 is 0. The zero-order valence-electron chi connectivity index (χ0n) is 13.3. The fourth-order valence-corrected chi connectivity index (χ4v) is 0. The van der Waals surface area contributed by atoms with Crippen LogP contribution in [0.25, 0.3) is 0 Å². The number of phosphoric acid groups is 5. The van der Waals surface area contributed by atoms with Crippen molar-refractivity contribution < 1.29 is 274 Å². The molecule has 0 rings (SSSR count). The summed E-state index contributed by atoms with van der Waals surface area (Å²) in [7, 11) is -26.9. The van der Waals surface area contributed by atoms with Gasteiger partial charge in [0.2, 0.25) is 0 Å². The molecule has 0 N–H and O–H groups in total. The first kappa shape index (κ1) is 65.5. The van der Waals surface area contributed by atoms with Gasteiger partial charge >= 0.3 is 178 Å². The molecule has 0 aliphatic heterocycles. The topological polar surface area (TPSA) is 431 Å². The minimum absolute atomic E-state index is 0. The van der Waals surface area contributed by atoms with Gasteiger partial charge in [0, 0.05) is 0 Å². The van der Waals surface area contributed by atoms with Crippen LogP contribution in [0.5, 0.6) is 0 Å². The summed E-state index contributed by atoms with van der Waals surface area (Å²) in [5.41, 5.74) is 0. The van der Waals surface area contributed by atoms with Crippen molar-refractivity contribution in [2.45, 2.75) is 0 Å². The van der Waals surface area contributed by atoms with Gasteiger partial charge in [0.15, 0.2) is 0 Å². The maximum atomic E-state index is 8.55. The van der Waals surface area contributed by atoms with Crippen LogP contribution >= 0.6 is 39.1 Å². The van der Waals surface area contributed by atoms with Crippen LogP contribution in [0, 0.1) is 178 Å². The molecular formula is La5O20P5. The molecule has 0 bridgehead atoms. The molecule has 0 fully saturated rings. The maximum absolute atomic E-state index is 8.55. The average Bonchev–Trinajstić information content (AvgIpc) is 1.79. The fraction of sp³-hybridized carbons (Fsp3) is 0. The van der Waals surface area contributed by atoms with Crippen LogP contribution in [0.3, 0.4) is 0 Å². The standard InChI is InChI=1S/5La.5H3O4P/c;;;;;5*1-5(2,3)4/h;;;;;5*(H3,1,2,3,4)/q5*+3;;;;;/p-15. The quantitative estimate of drug-likeness (QED) is 0.203. The Morgan fingerprint density at radius 2 is 0.233 bits per heavy atom. The first-order valence-electron chi connectivity index (χ1n) is 3.65. The number of hydrogen-bond donors (Lipinski definition) is 0. The van der Waals surface area contributed by atoms with Gasteiger partial charge in [-0.25, -0.2) is 0 Å². The van der Waals surface area contributed by atoms with Gasteiger partial charge in [-0.3, -0.25) is 0 Å². The van der Waals surface area contributed by atoms with E-state index in [1.807, 2.05) is 0 Å². The molecule has 30 heavy (non-hydrogen) atoms. The van der Waals surface area contributed by atoms with Gasteiger partial charge in [0.05, 0.1) is 0 Å². The third-order valence-electron chi connectivity index (χ3n) is 0. The Hall–Kier alpha value is 6.52. The molecule has 20 nitrogen and oxygen atoms in total. The molecule has 0 unspecified atom stereocenters. The van der Waals surface area contributed by atoms with Gasteiger partial charge in [-0.2, -0.15) is 39.1 Å². The maximum Gasteiger partial charge on any atom is 3.00 e. The predicted octanol–water partition coefficient (Wildman–Crippen LogP) is -14.1. The van der Waals surface area contributed by atoms with E-state index in [4.69, 9.17) is 96.2 Å². The van der Waals surface area contributed by atoms with Gasteiger partial charge in [0.1, 0.15) is 0 Å². The third kappa shape index (κ3) is 912. The molecule has 0 aromatic carbocycles. The van der Waals surface area contributed by atoms with Gasteiger partial charge in [-0.15, -0.1) is 0 Å². The van der Waals surface area contributed by atoms with Gasteiger partial charge in [-0.05, 0) is 0 Å². The van der Waals surface area contributed by atoms with E-state index in [1.165, 1.54) is 0 Å². The SMILES string of the molecule is O=P([O-])([O-])[O-].O=P([O-])([O-])[O-].O=P([O-])([O-])[O-].O=P([O-])([O-])[O-].O=P([O-])([O-])[O-].[La+3].[La+3].[La+3].[La+3].[La+3]. The molecule has 0 spiro atoms. The van der Waals surface area contributed by atoms with Crippen molar-refractivity contribution in [3.63, 3.8) is 0 Å². The van der Waals surface area contributed by atoms with E-state index >= 15 is 0 Å². The van der Waals surface area contributed by atoms with E-state index in [9.17, 15) is 0 Å². The third-order valence-corrected chi connectivity index (χ3v) is 0. The molecule has 0 aliphatic rings. The summed E-state index contributed by atoms with van der Waals surface area (Å²) in [5.74, 6) is 0. The Morgan fingerprint density at radius 3 is 0.233 bits per heavy atom. The summed E-state index contributed by atoms with van der Waals surface area (Å²) in [6, 6.07) is 0. The molecule has 0 aromatic rings. The summed E-state index contributed by atoms with van der Waals surface area (Å²) in [5, 5.41) is 0. The molecule has 0 heterocycles. The van der Waals surface area contributed by atoms with E-state index in [2.05, 4.69) is 0 Å². The van der Waals surface area contributed by atoms with Crippen LogP contribution in [-0.2, 0) is 22.8 Å². The van der Waals surface area contributed by atoms with E-state index < -0.39 is 39.1 Å². The van der Waals surface area contributed by atoms with Crippen molar-refractivity contribution in [1.82, 2.24) is 0 Å². The van der Waals surface area contributed by atoms with Crippen LogP contribution in [-0.4, -0.2) is 0 Å². The molecule has 160 valence electrons. The molecule has 0 aliphatic carbocycles. The van der Waals surface area contributed by atoms with Crippen molar-refractivity contribution >= 4 is 39.1 Å². The minimum atomic E-state index is -5.39. The van der Waals surface area contributed by atoms with Crippen LogP contribution in [0.15, 0.2) is 0 Å². The normalized spacial score (nSPS) is 9.83. The monoisotopic (exact) mass is 1170 g/mol. The van der Waals surface area contributed by atoms with Crippen molar-refractivity contribution in [3.8, 4) is 0 Å². The van der Waals surface area contributed by atoms with E-state index in [0.717, 1.165) is 0 Å². The molecule has 30 heteroatoms. The van der Waals surface area contributed by atoms with Crippen LogP contribution in [0.4, 0.5) is 0 Å². The van der Waals surface area contributed by atoms with Crippen molar-refractivity contribution in [3.05, 3.63) is 0 Å². The van der Waals surface area contributed by atoms with Crippen LogP contribution in [0.2, 0.25) is 0 Å². The zero-order chi connectivity index (χ0) is 22.5. The minimum Gasteiger partial charge on any atom is -0.822 e. The molecule has 0 atom stereocenters. The Morgan fingerprint density at radius 1 is 0.233 bits per heavy atom. The van der Waals surface area contributed by atoms with E-state index in [-0.39, 0.29) is 178 Å². The van der Waals surface area contributed by atoms with Gasteiger partial charge < -0.3 is 96.2 Å². The van der Waals surface area contributed by atoms with Gasteiger partial charge in [-0.1, -0.05) is 0 Å². The zero-order valence-corrected chi connectivity index (χ0v) is 35.9. The predicted molar refractivity (Wildman–Crippen MR) is 38.0 cm³/mol. The second-order valence-corrected chi connectivity index (χ2v) is 6.71. The Kier molecular flexibility index (Phi) is 69.3. The first-order valence-corrected chi connectivity index (χ1v) is 11.0. The average molecular weight is 1170 g/mol. The van der Waals surface area contributed by atoms with Crippen LogP contribution in [0.1, 0.15) is 0 Å².